The monoisotopic (exact) mass is 461 g/mol. The van der Waals surface area contributed by atoms with Gasteiger partial charge in [0.05, 0.1) is 11.5 Å². The fourth-order valence-electron chi connectivity index (χ4n) is 2.77. The van der Waals surface area contributed by atoms with Gasteiger partial charge in [-0.1, -0.05) is 35.4 Å². The van der Waals surface area contributed by atoms with E-state index >= 15 is 0 Å². The summed E-state index contributed by atoms with van der Waals surface area (Å²) in [6.07, 6.45) is 1.56. The molecule has 0 bridgehead atoms. The van der Waals surface area contributed by atoms with Crippen molar-refractivity contribution in [2.45, 2.75) is 30.9 Å². The molecule has 0 aliphatic heterocycles. The Morgan fingerprint density at radius 2 is 1.55 bits per heavy atom. The number of hydrogen-bond donors (Lipinski definition) is 2. The van der Waals surface area contributed by atoms with Gasteiger partial charge in [-0.05, 0) is 74.9 Å². The van der Waals surface area contributed by atoms with Crippen LogP contribution in [-0.4, -0.2) is 29.9 Å². The second kappa shape index (κ2) is 11.9. The van der Waals surface area contributed by atoms with Gasteiger partial charge in [0.1, 0.15) is 5.75 Å². The van der Waals surface area contributed by atoms with Crippen LogP contribution in [-0.2, 0) is 9.59 Å². The molecule has 3 aromatic carbocycles. The van der Waals surface area contributed by atoms with Crippen molar-refractivity contribution in [2.24, 2.45) is 5.10 Å². The molecule has 2 amide bonds. The number of ether oxygens (including phenoxy) is 1. The van der Waals surface area contributed by atoms with Crippen LogP contribution in [0.2, 0.25) is 0 Å². The van der Waals surface area contributed by atoms with E-state index in [1.807, 2.05) is 69.3 Å². The van der Waals surface area contributed by atoms with Gasteiger partial charge in [0.25, 0.3) is 11.8 Å². The summed E-state index contributed by atoms with van der Waals surface area (Å²) in [6, 6.07) is 22.7. The summed E-state index contributed by atoms with van der Waals surface area (Å²) in [5, 5.41) is 6.55. The molecule has 0 heterocycles. The van der Waals surface area contributed by atoms with Crippen molar-refractivity contribution in [3.63, 3.8) is 0 Å². The van der Waals surface area contributed by atoms with Crippen LogP contribution in [0.3, 0.4) is 0 Å². The quantitative estimate of drug-likeness (QED) is 0.268. The molecule has 2 N–H and O–H groups in total. The van der Waals surface area contributed by atoms with Crippen molar-refractivity contribution in [3.05, 3.63) is 89.5 Å². The third kappa shape index (κ3) is 8.12. The first-order chi connectivity index (χ1) is 15.9. The van der Waals surface area contributed by atoms with Gasteiger partial charge >= 0.3 is 0 Å². The molecule has 0 radical (unpaired) electrons. The second-order valence-corrected chi connectivity index (χ2v) is 8.99. The van der Waals surface area contributed by atoms with E-state index in [2.05, 4.69) is 15.8 Å². The summed E-state index contributed by atoms with van der Waals surface area (Å²) in [5.41, 5.74) is 6.41. The van der Waals surface area contributed by atoms with E-state index in [4.69, 9.17) is 4.74 Å². The maximum absolute atomic E-state index is 12.3. The Bertz CT molecular complexity index is 1100. The molecule has 170 valence electrons. The standard InChI is InChI=1S/C26H27N3O3S/c1-18-4-10-22(11-5-18)28-25(30)17-32-23-12-8-21(9-13-23)16-27-29-26(31)20(3)33-24-14-6-19(2)7-15-24/h4-16,20H,17H2,1-3H3,(H,28,30)(H,29,31)/b27-16-/t20-/m0/s1. The third-order valence-corrected chi connectivity index (χ3v) is 5.79. The van der Waals surface area contributed by atoms with Gasteiger partial charge in [-0.3, -0.25) is 9.59 Å². The average Bonchev–Trinajstić information content (AvgIpc) is 2.81. The highest BCUT2D eigenvalue weighted by atomic mass is 32.2. The highest BCUT2D eigenvalue weighted by Crippen LogP contribution is 2.23. The fraction of sp³-hybridized carbons (Fsp3) is 0.192. The smallest absolute Gasteiger partial charge is 0.262 e. The molecule has 0 fully saturated rings. The lowest BCUT2D eigenvalue weighted by Crippen LogP contribution is -2.26. The average molecular weight is 462 g/mol. The van der Waals surface area contributed by atoms with Crippen LogP contribution in [0.15, 0.2) is 82.8 Å². The number of hydrazone groups is 1. The lowest BCUT2D eigenvalue weighted by Gasteiger charge is -2.09. The van der Waals surface area contributed by atoms with Gasteiger partial charge in [-0.25, -0.2) is 5.43 Å². The largest absolute Gasteiger partial charge is 0.484 e. The number of carbonyl (C=O) groups excluding carboxylic acids is 2. The summed E-state index contributed by atoms with van der Waals surface area (Å²) >= 11 is 1.48. The fourth-order valence-corrected chi connectivity index (χ4v) is 3.63. The lowest BCUT2D eigenvalue weighted by molar-refractivity contribution is -0.120. The molecule has 0 aliphatic rings. The molecule has 0 spiro atoms. The Morgan fingerprint density at radius 1 is 0.939 bits per heavy atom. The topological polar surface area (TPSA) is 79.8 Å². The van der Waals surface area contributed by atoms with Crippen molar-refractivity contribution in [1.82, 2.24) is 5.43 Å². The maximum atomic E-state index is 12.3. The van der Waals surface area contributed by atoms with Crippen LogP contribution in [0.25, 0.3) is 0 Å². The van der Waals surface area contributed by atoms with Crippen LogP contribution < -0.4 is 15.5 Å². The molecular formula is C26H27N3O3S. The summed E-state index contributed by atoms with van der Waals surface area (Å²) < 4.78 is 5.53. The van der Waals surface area contributed by atoms with Crippen molar-refractivity contribution < 1.29 is 14.3 Å². The number of nitrogens with one attached hydrogen (secondary N) is 2. The van der Waals surface area contributed by atoms with E-state index in [9.17, 15) is 9.59 Å². The van der Waals surface area contributed by atoms with Gasteiger partial charge in [-0.15, -0.1) is 11.8 Å². The van der Waals surface area contributed by atoms with Crippen molar-refractivity contribution in [3.8, 4) is 5.75 Å². The van der Waals surface area contributed by atoms with Crippen LogP contribution in [0.4, 0.5) is 5.69 Å². The van der Waals surface area contributed by atoms with Gasteiger partial charge in [-0.2, -0.15) is 5.10 Å². The predicted octanol–water partition coefficient (Wildman–Crippen LogP) is 4.95. The number of benzene rings is 3. The van der Waals surface area contributed by atoms with Gasteiger partial charge in [0.15, 0.2) is 6.61 Å². The molecule has 33 heavy (non-hydrogen) atoms. The minimum Gasteiger partial charge on any atom is -0.484 e. The van der Waals surface area contributed by atoms with Gasteiger partial charge in [0, 0.05) is 10.6 Å². The highest BCUT2D eigenvalue weighted by molar-refractivity contribution is 8.00. The number of nitrogens with zero attached hydrogens (tertiary/aromatic N) is 1. The normalized spacial score (nSPS) is 11.7. The summed E-state index contributed by atoms with van der Waals surface area (Å²) in [4.78, 5) is 25.3. The number of hydrogen-bond acceptors (Lipinski definition) is 5. The minimum atomic E-state index is -0.272. The minimum absolute atomic E-state index is 0.0894. The van der Waals surface area contributed by atoms with E-state index in [0.29, 0.717) is 5.75 Å². The molecule has 0 unspecified atom stereocenters. The summed E-state index contributed by atoms with van der Waals surface area (Å²) in [5.74, 6) is 0.166. The molecule has 3 rings (SSSR count). The zero-order valence-electron chi connectivity index (χ0n) is 18.9. The highest BCUT2D eigenvalue weighted by Gasteiger charge is 2.13. The van der Waals surface area contributed by atoms with Crippen molar-refractivity contribution in [2.75, 3.05) is 11.9 Å². The number of anilines is 1. The summed E-state index contributed by atoms with van der Waals surface area (Å²) in [7, 11) is 0. The number of aryl methyl sites for hydroxylation is 2. The van der Waals surface area contributed by atoms with Crippen LogP contribution in [0.5, 0.6) is 5.75 Å². The number of rotatable bonds is 9. The molecule has 0 aromatic heterocycles. The molecule has 0 saturated heterocycles. The number of amides is 2. The Labute approximate surface area is 198 Å². The summed E-state index contributed by atoms with van der Waals surface area (Å²) in [6.45, 7) is 5.77. The first kappa shape index (κ1) is 24.1. The molecule has 1 atom stereocenters. The molecule has 3 aromatic rings. The lowest BCUT2D eigenvalue weighted by atomic mass is 10.2. The maximum Gasteiger partial charge on any atom is 0.262 e. The van der Waals surface area contributed by atoms with E-state index in [-0.39, 0.29) is 23.7 Å². The predicted molar refractivity (Wildman–Crippen MR) is 134 cm³/mol. The molecule has 6 nitrogen and oxygen atoms in total. The van der Waals surface area contributed by atoms with Gasteiger partial charge in [0.2, 0.25) is 0 Å². The van der Waals surface area contributed by atoms with E-state index in [1.54, 1.807) is 30.5 Å². The van der Waals surface area contributed by atoms with Crippen LogP contribution in [0.1, 0.15) is 23.6 Å². The number of carbonyl (C=O) groups is 2. The zero-order valence-corrected chi connectivity index (χ0v) is 19.7. The number of thioether (sulfide) groups is 1. The Balaban J connectivity index is 1.41. The first-order valence-electron chi connectivity index (χ1n) is 10.5. The van der Waals surface area contributed by atoms with Gasteiger partial charge < -0.3 is 10.1 Å². The Hall–Kier alpha value is -3.58. The zero-order chi connectivity index (χ0) is 23.6. The molecular weight excluding hydrogens is 434 g/mol. The SMILES string of the molecule is Cc1ccc(NC(=O)COc2ccc(/C=N\NC(=O)[C@H](C)Sc3ccc(C)cc3)cc2)cc1. The van der Waals surface area contributed by atoms with Crippen LogP contribution in [0, 0.1) is 13.8 Å². The third-order valence-electron chi connectivity index (χ3n) is 4.68. The molecule has 0 saturated carbocycles. The Kier molecular flexibility index (Phi) is 8.66. The second-order valence-electron chi connectivity index (χ2n) is 7.58. The Morgan fingerprint density at radius 3 is 2.18 bits per heavy atom. The van der Waals surface area contributed by atoms with E-state index in [0.717, 1.165) is 21.7 Å². The van der Waals surface area contributed by atoms with Crippen LogP contribution >= 0.6 is 11.8 Å². The first-order valence-corrected chi connectivity index (χ1v) is 11.4. The van der Waals surface area contributed by atoms with Crippen molar-refractivity contribution in [1.29, 1.82) is 0 Å². The molecule has 7 heteroatoms. The van der Waals surface area contributed by atoms with E-state index < -0.39 is 0 Å². The van der Waals surface area contributed by atoms with E-state index in [1.165, 1.54) is 17.3 Å². The molecule has 0 aliphatic carbocycles. The van der Waals surface area contributed by atoms with Crippen molar-refractivity contribution >= 4 is 35.5 Å².